The minimum absolute atomic E-state index is 0.199. The van der Waals surface area contributed by atoms with Crippen LogP contribution in [0, 0.1) is 0 Å². The molecule has 4 heteroatoms. The molecule has 0 aromatic carbocycles. The fourth-order valence-corrected chi connectivity index (χ4v) is 1.83. The number of nitrogens with zero attached hydrogens (tertiary/aromatic N) is 2. The Labute approximate surface area is 100.0 Å². The molecule has 0 saturated carbocycles. The van der Waals surface area contributed by atoms with Gasteiger partial charge in [-0.3, -0.25) is 4.79 Å². The Balaban J connectivity index is 4.09. The second kappa shape index (κ2) is 8.53. The van der Waals surface area contributed by atoms with E-state index in [0.29, 0.717) is 6.54 Å². The van der Waals surface area contributed by atoms with Gasteiger partial charge in [-0.25, -0.2) is 0 Å². The summed E-state index contributed by atoms with van der Waals surface area (Å²) >= 11 is 0. The van der Waals surface area contributed by atoms with E-state index in [1.807, 2.05) is 25.9 Å². The van der Waals surface area contributed by atoms with Crippen molar-refractivity contribution in [2.45, 2.75) is 33.2 Å². The van der Waals surface area contributed by atoms with Gasteiger partial charge in [0.05, 0.1) is 6.54 Å². The summed E-state index contributed by atoms with van der Waals surface area (Å²) in [6.45, 7) is 9.29. The molecule has 0 fully saturated rings. The van der Waals surface area contributed by atoms with Crippen LogP contribution in [0.4, 0.5) is 0 Å². The Kier molecular flexibility index (Phi) is 8.21. The summed E-state index contributed by atoms with van der Waals surface area (Å²) in [5.41, 5.74) is 0. The van der Waals surface area contributed by atoms with Crippen LogP contribution in [0.15, 0.2) is 0 Å². The van der Waals surface area contributed by atoms with Crippen LogP contribution in [-0.4, -0.2) is 62.0 Å². The molecule has 0 aliphatic rings. The Morgan fingerprint density at radius 1 is 1.31 bits per heavy atom. The van der Waals surface area contributed by atoms with Crippen molar-refractivity contribution in [1.29, 1.82) is 0 Å². The normalized spacial score (nSPS) is 12.9. The van der Waals surface area contributed by atoms with Crippen LogP contribution in [-0.2, 0) is 4.79 Å². The van der Waals surface area contributed by atoms with E-state index in [9.17, 15) is 4.79 Å². The van der Waals surface area contributed by atoms with Crippen LogP contribution in [0.3, 0.4) is 0 Å². The van der Waals surface area contributed by atoms with E-state index in [1.54, 1.807) is 0 Å². The molecule has 0 radical (unpaired) electrons. The van der Waals surface area contributed by atoms with E-state index in [0.717, 1.165) is 26.1 Å². The molecule has 1 amide bonds. The molecule has 4 nitrogen and oxygen atoms in total. The highest BCUT2D eigenvalue weighted by Crippen LogP contribution is 2.00. The molecule has 1 atom stereocenters. The van der Waals surface area contributed by atoms with Gasteiger partial charge >= 0.3 is 0 Å². The monoisotopic (exact) mass is 229 g/mol. The Morgan fingerprint density at radius 2 is 1.94 bits per heavy atom. The number of carbonyl (C=O) groups is 1. The van der Waals surface area contributed by atoms with Crippen molar-refractivity contribution < 1.29 is 4.79 Å². The fraction of sp³-hybridized carbons (Fsp3) is 0.917. The molecule has 0 rings (SSSR count). The molecule has 0 aromatic heterocycles. The molecule has 0 bridgehead atoms. The SMILES string of the molecule is CCCNCC(=O)N(CC)C(C)CN(C)C. The number of nitrogens with one attached hydrogen (secondary N) is 1. The van der Waals surface area contributed by atoms with Crippen LogP contribution in [0.5, 0.6) is 0 Å². The van der Waals surface area contributed by atoms with Gasteiger partial charge in [0.1, 0.15) is 0 Å². The van der Waals surface area contributed by atoms with E-state index in [1.165, 1.54) is 0 Å². The summed E-state index contributed by atoms with van der Waals surface area (Å²) in [6, 6.07) is 0.274. The average Bonchev–Trinajstić information content (AvgIpc) is 2.18. The zero-order valence-corrected chi connectivity index (χ0v) is 11.4. The molecular formula is C12H27N3O. The lowest BCUT2D eigenvalue weighted by Gasteiger charge is -2.30. The molecule has 96 valence electrons. The van der Waals surface area contributed by atoms with Gasteiger partial charge < -0.3 is 15.1 Å². The predicted molar refractivity (Wildman–Crippen MR) is 68.6 cm³/mol. The lowest BCUT2D eigenvalue weighted by molar-refractivity contribution is -0.132. The van der Waals surface area contributed by atoms with Crippen molar-refractivity contribution in [3.63, 3.8) is 0 Å². The Bertz CT molecular complexity index is 195. The highest BCUT2D eigenvalue weighted by atomic mass is 16.2. The van der Waals surface area contributed by atoms with Gasteiger partial charge in [-0.1, -0.05) is 6.92 Å². The maximum Gasteiger partial charge on any atom is 0.236 e. The van der Waals surface area contributed by atoms with E-state index in [2.05, 4.69) is 24.1 Å². The second-order valence-corrected chi connectivity index (χ2v) is 4.47. The number of rotatable bonds is 8. The molecule has 0 saturated heterocycles. The van der Waals surface area contributed by atoms with Crippen molar-refractivity contribution in [3.8, 4) is 0 Å². The van der Waals surface area contributed by atoms with Gasteiger partial charge in [-0.15, -0.1) is 0 Å². The molecule has 1 unspecified atom stereocenters. The first-order chi connectivity index (χ1) is 7.52. The van der Waals surface area contributed by atoms with Crippen molar-refractivity contribution >= 4 is 5.91 Å². The van der Waals surface area contributed by atoms with Crippen molar-refractivity contribution in [1.82, 2.24) is 15.1 Å². The molecule has 16 heavy (non-hydrogen) atoms. The molecule has 1 N–H and O–H groups in total. The van der Waals surface area contributed by atoms with Gasteiger partial charge in [0, 0.05) is 19.1 Å². The third kappa shape index (κ3) is 6.08. The number of carbonyl (C=O) groups excluding carboxylic acids is 1. The summed E-state index contributed by atoms with van der Waals surface area (Å²) in [5, 5.41) is 3.15. The fourth-order valence-electron chi connectivity index (χ4n) is 1.83. The standard InChI is InChI=1S/C12H27N3O/c1-6-8-13-9-12(16)15(7-2)11(3)10-14(4)5/h11,13H,6-10H2,1-5H3. The molecule has 0 spiro atoms. The van der Waals surface area contributed by atoms with Crippen molar-refractivity contribution in [3.05, 3.63) is 0 Å². The van der Waals surface area contributed by atoms with Crippen molar-refractivity contribution in [2.24, 2.45) is 0 Å². The first-order valence-electron chi connectivity index (χ1n) is 6.17. The highest BCUT2D eigenvalue weighted by Gasteiger charge is 2.17. The minimum atomic E-state index is 0.199. The maximum absolute atomic E-state index is 11.9. The lowest BCUT2D eigenvalue weighted by atomic mass is 10.2. The zero-order valence-electron chi connectivity index (χ0n) is 11.4. The van der Waals surface area contributed by atoms with Crippen LogP contribution in [0.25, 0.3) is 0 Å². The van der Waals surface area contributed by atoms with Gasteiger partial charge in [0.15, 0.2) is 0 Å². The van der Waals surface area contributed by atoms with Crippen LogP contribution >= 0.6 is 0 Å². The van der Waals surface area contributed by atoms with E-state index >= 15 is 0 Å². The number of hydrogen-bond acceptors (Lipinski definition) is 3. The van der Waals surface area contributed by atoms with E-state index in [-0.39, 0.29) is 11.9 Å². The number of likely N-dealkylation sites (N-methyl/N-ethyl adjacent to an activating group) is 2. The third-order valence-electron chi connectivity index (χ3n) is 2.53. The average molecular weight is 229 g/mol. The maximum atomic E-state index is 11.9. The quantitative estimate of drug-likeness (QED) is 0.625. The third-order valence-corrected chi connectivity index (χ3v) is 2.53. The van der Waals surface area contributed by atoms with Crippen LogP contribution in [0.1, 0.15) is 27.2 Å². The molecule has 0 aliphatic heterocycles. The smallest absolute Gasteiger partial charge is 0.236 e. The lowest BCUT2D eigenvalue weighted by Crippen LogP contribution is -2.47. The molecule has 0 aliphatic carbocycles. The zero-order chi connectivity index (χ0) is 12.6. The van der Waals surface area contributed by atoms with Gasteiger partial charge in [-0.05, 0) is 40.9 Å². The van der Waals surface area contributed by atoms with E-state index in [4.69, 9.17) is 0 Å². The Hall–Kier alpha value is -0.610. The summed E-state index contributed by atoms with van der Waals surface area (Å²) < 4.78 is 0. The summed E-state index contributed by atoms with van der Waals surface area (Å²) in [7, 11) is 4.06. The van der Waals surface area contributed by atoms with Crippen LogP contribution in [0.2, 0.25) is 0 Å². The van der Waals surface area contributed by atoms with Crippen molar-refractivity contribution in [2.75, 3.05) is 40.3 Å². The first kappa shape index (κ1) is 15.4. The van der Waals surface area contributed by atoms with Gasteiger partial charge in [0.2, 0.25) is 5.91 Å². The number of hydrogen-bond donors (Lipinski definition) is 1. The number of amides is 1. The summed E-state index contributed by atoms with van der Waals surface area (Å²) in [4.78, 5) is 16.0. The summed E-state index contributed by atoms with van der Waals surface area (Å²) in [5.74, 6) is 0.199. The van der Waals surface area contributed by atoms with Gasteiger partial charge in [-0.2, -0.15) is 0 Å². The van der Waals surface area contributed by atoms with E-state index < -0.39 is 0 Å². The molecule has 0 heterocycles. The topological polar surface area (TPSA) is 35.6 Å². The largest absolute Gasteiger partial charge is 0.338 e. The van der Waals surface area contributed by atoms with Crippen LogP contribution < -0.4 is 5.32 Å². The second-order valence-electron chi connectivity index (χ2n) is 4.47. The Morgan fingerprint density at radius 3 is 2.38 bits per heavy atom. The highest BCUT2D eigenvalue weighted by molar-refractivity contribution is 5.78. The summed E-state index contributed by atoms with van der Waals surface area (Å²) in [6.07, 6.45) is 1.06. The predicted octanol–water partition coefficient (Wildman–Crippen LogP) is 0.785. The molecule has 0 aromatic rings. The minimum Gasteiger partial charge on any atom is -0.338 e. The van der Waals surface area contributed by atoms with Gasteiger partial charge in [0.25, 0.3) is 0 Å². The first-order valence-corrected chi connectivity index (χ1v) is 6.17. The molecular weight excluding hydrogens is 202 g/mol.